The van der Waals surface area contributed by atoms with Crippen LogP contribution >= 0.6 is 11.6 Å². The van der Waals surface area contributed by atoms with E-state index in [-0.39, 0.29) is 5.15 Å². The van der Waals surface area contributed by atoms with Gasteiger partial charge in [0.1, 0.15) is 22.5 Å². The average molecular weight is 299 g/mol. The van der Waals surface area contributed by atoms with Crippen molar-refractivity contribution < 1.29 is 4.74 Å². The van der Waals surface area contributed by atoms with Crippen LogP contribution in [0.5, 0.6) is 5.75 Å². The highest BCUT2D eigenvalue weighted by Gasteiger charge is 2.09. The molecule has 0 aliphatic heterocycles. The standard InChI is InChI=1S/C15H11ClN4O/c1-21-12-4-2-10(3-5-12)9-20-14-6-11(7-17)15(16)19-13(14)8-18-20/h2-6,8H,9H2,1H3. The molecule has 0 unspecified atom stereocenters. The number of methoxy groups -OCH3 is 1. The third-order valence-corrected chi connectivity index (χ3v) is 3.48. The smallest absolute Gasteiger partial charge is 0.147 e. The van der Waals surface area contributed by atoms with E-state index in [0.29, 0.717) is 17.6 Å². The molecule has 3 aromatic rings. The van der Waals surface area contributed by atoms with Gasteiger partial charge in [-0.2, -0.15) is 10.4 Å². The Morgan fingerprint density at radius 3 is 2.76 bits per heavy atom. The number of fused-ring (bicyclic) bond motifs is 1. The second-order valence-electron chi connectivity index (χ2n) is 4.49. The SMILES string of the molecule is COc1ccc(Cn2ncc3nc(Cl)c(C#N)cc32)cc1. The summed E-state index contributed by atoms with van der Waals surface area (Å²) in [6, 6.07) is 11.5. The van der Waals surface area contributed by atoms with Crippen molar-refractivity contribution >= 4 is 22.6 Å². The van der Waals surface area contributed by atoms with Crippen LogP contribution in [0.3, 0.4) is 0 Å². The number of pyridine rings is 1. The molecule has 0 fully saturated rings. The summed E-state index contributed by atoms with van der Waals surface area (Å²) in [6.45, 7) is 0.585. The first-order chi connectivity index (χ1) is 10.2. The molecule has 0 bridgehead atoms. The Morgan fingerprint density at radius 1 is 1.33 bits per heavy atom. The summed E-state index contributed by atoms with van der Waals surface area (Å²) in [5.74, 6) is 0.810. The quantitative estimate of drug-likeness (QED) is 0.697. The number of ether oxygens (including phenoxy) is 1. The molecule has 0 aliphatic rings. The average Bonchev–Trinajstić information content (AvgIpc) is 2.89. The molecular weight excluding hydrogens is 288 g/mol. The summed E-state index contributed by atoms with van der Waals surface area (Å²) >= 11 is 5.92. The summed E-state index contributed by atoms with van der Waals surface area (Å²) in [5, 5.41) is 13.5. The van der Waals surface area contributed by atoms with Gasteiger partial charge in [-0.05, 0) is 23.8 Å². The molecule has 0 N–H and O–H groups in total. The predicted molar refractivity (Wildman–Crippen MR) is 79.3 cm³/mol. The number of nitrogens with zero attached hydrogens (tertiary/aromatic N) is 4. The second kappa shape index (κ2) is 5.43. The van der Waals surface area contributed by atoms with Crippen molar-refractivity contribution in [3.63, 3.8) is 0 Å². The first-order valence-electron chi connectivity index (χ1n) is 6.26. The van der Waals surface area contributed by atoms with Crippen molar-refractivity contribution in [2.45, 2.75) is 6.54 Å². The third kappa shape index (κ3) is 2.54. The third-order valence-electron chi connectivity index (χ3n) is 3.19. The molecule has 0 saturated heterocycles. The molecule has 6 heteroatoms. The molecule has 0 saturated carbocycles. The molecule has 3 rings (SSSR count). The van der Waals surface area contributed by atoms with Crippen LogP contribution in [0.4, 0.5) is 0 Å². The van der Waals surface area contributed by atoms with Crippen LogP contribution < -0.4 is 4.74 Å². The van der Waals surface area contributed by atoms with Gasteiger partial charge < -0.3 is 4.74 Å². The number of hydrogen-bond acceptors (Lipinski definition) is 4. The van der Waals surface area contributed by atoms with Crippen LogP contribution in [-0.4, -0.2) is 21.9 Å². The summed E-state index contributed by atoms with van der Waals surface area (Å²) in [4.78, 5) is 4.18. The maximum atomic E-state index is 9.04. The fourth-order valence-corrected chi connectivity index (χ4v) is 2.28. The number of rotatable bonds is 3. The van der Waals surface area contributed by atoms with E-state index in [1.54, 1.807) is 24.1 Å². The van der Waals surface area contributed by atoms with Crippen molar-refractivity contribution in [1.82, 2.24) is 14.8 Å². The number of aromatic nitrogens is 3. The van der Waals surface area contributed by atoms with E-state index >= 15 is 0 Å². The van der Waals surface area contributed by atoms with E-state index in [0.717, 1.165) is 16.8 Å². The number of benzene rings is 1. The topological polar surface area (TPSA) is 63.7 Å². The monoisotopic (exact) mass is 298 g/mol. The van der Waals surface area contributed by atoms with Gasteiger partial charge >= 0.3 is 0 Å². The lowest BCUT2D eigenvalue weighted by atomic mass is 10.2. The highest BCUT2D eigenvalue weighted by molar-refractivity contribution is 6.30. The molecule has 21 heavy (non-hydrogen) atoms. The highest BCUT2D eigenvalue weighted by Crippen LogP contribution is 2.21. The van der Waals surface area contributed by atoms with Crippen molar-refractivity contribution in [3.8, 4) is 11.8 Å². The summed E-state index contributed by atoms with van der Waals surface area (Å²) in [7, 11) is 1.63. The number of nitriles is 1. The normalized spacial score (nSPS) is 10.5. The van der Waals surface area contributed by atoms with Gasteiger partial charge in [-0.25, -0.2) is 4.98 Å². The Bertz CT molecular complexity index is 833. The van der Waals surface area contributed by atoms with Crippen molar-refractivity contribution in [1.29, 1.82) is 5.26 Å². The van der Waals surface area contributed by atoms with Gasteiger partial charge in [-0.3, -0.25) is 4.68 Å². The molecule has 0 radical (unpaired) electrons. The summed E-state index contributed by atoms with van der Waals surface area (Å²) in [6.07, 6.45) is 1.64. The lowest BCUT2D eigenvalue weighted by Crippen LogP contribution is -2.01. The molecule has 104 valence electrons. The zero-order valence-electron chi connectivity index (χ0n) is 11.2. The zero-order chi connectivity index (χ0) is 14.8. The molecular formula is C15H11ClN4O. The van der Waals surface area contributed by atoms with Crippen molar-refractivity contribution in [3.05, 3.63) is 52.8 Å². The van der Waals surface area contributed by atoms with Crippen molar-refractivity contribution in [2.75, 3.05) is 7.11 Å². The molecule has 0 aliphatic carbocycles. The van der Waals surface area contributed by atoms with E-state index in [1.807, 2.05) is 30.3 Å². The summed E-state index contributed by atoms with van der Waals surface area (Å²) < 4.78 is 6.93. The molecule has 1 aromatic carbocycles. The van der Waals surface area contributed by atoms with Gasteiger partial charge in [0, 0.05) is 0 Å². The fourth-order valence-electron chi connectivity index (χ4n) is 2.09. The van der Waals surface area contributed by atoms with E-state index in [4.69, 9.17) is 21.6 Å². The van der Waals surface area contributed by atoms with Gasteiger partial charge in [0.15, 0.2) is 0 Å². The van der Waals surface area contributed by atoms with E-state index in [9.17, 15) is 0 Å². The van der Waals surface area contributed by atoms with E-state index in [2.05, 4.69) is 10.1 Å². The van der Waals surface area contributed by atoms with Crippen LogP contribution in [0.15, 0.2) is 36.5 Å². The van der Waals surface area contributed by atoms with Gasteiger partial charge in [-0.15, -0.1) is 0 Å². The largest absolute Gasteiger partial charge is 0.497 e. The van der Waals surface area contributed by atoms with Gasteiger partial charge in [-0.1, -0.05) is 23.7 Å². The summed E-state index contributed by atoms with van der Waals surface area (Å²) in [5.41, 5.74) is 2.88. The molecule has 0 atom stereocenters. The Kier molecular flexibility index (Phi) is 3.46. The minimum Gasteiger partial charge on any atom is -0.497 e. The van der Waals surface area contributed by atoms with Crippen LogP contribution in [0.1, 0.15) is 11.1 Å². The van der Waals surface area contributed by atoms with Crippen LogP contribution in [-0.2, 0) is 6.54 Å². The predicted octanol–water partition coefficient (Wildman–Crippen LogP) is 3.01. The number of halogens is 1. The Hall–Kier alpha value is -2.58. The minimum absolute atomic E-state index is 0.203. The Balaban J connectivity index is 1.98. The highest BCUT2D eigenvalue weighted by atomic mass is 35.5. The van der Waals surface area contributed by atoms with Crippen LogP contribution in [0.25, 0.3) is 11.0 Å². The van der Waals surface area contributed by atoms with Crippen LogP contribution in [0, 0.1) is 11.3 Å². The van der Waals surface area contributed by atoms with E-state index < -0.39 is 0 Å². The maximum absolute atomic E-state index is 9.04. The van der Waals surface area contributed by atoms with Gasteiger partial charge in [0.2, 0.25) is 0 Å². The van der Waals surface area contributed by atoms with Crippen molar-refractivity contribution in [2.24, 2.45) is 0 Å². The molecule has 5 nitrogen and oxygen atoms in total. The Labute approximate surface area is 126 Å². The fraction of sp³-hybridized carbons (Fsp3) is 0.133. The van der Waals surface area contributed by atoms with Gasteiger partial charge in [0.25, 0.3) is 0 Å². The maximum Gasteiger partial charge on any atom is 0.147 e. The molecule has 0 amide bonds. The first kappa shape index (κ1) is 13.4. The van der Waals surface area contributed by atoms with E-state index in [1.165, 1.54) is 0 Å². The van der Waals surface area contributed by atoms with Crippen LogP contribution in [0.2, 0.25) is 5.15 Å². The molecule has 2 heterocycles. The lowest BCUT2D eigenvalue weighted by Gasteiger charge is -2.05. The second-order valence-corrected chi connectivity index (χ2v) is 4.85. The lowest BCUT2D eigenvalue weighted by molar-refractivity contribution is 0.414. The molecule has 0 spiro atoms. The zero-order valence-corrected chi connectivity index (χ0v) is 12.0. The van der Waals surface area contributed by atoms with Gasteiger partial charge in [0.05, 0.1) is 30.9 Å². The first-order valence-corrected chi connectivity index (χ1v) is 6.64. The molecule has 2 aromatic heterocycles. The Morgan fingerprint density at radius 2 is 2.10 bits per heavy atom. The number of hydrogen-bond donors (Lipinski definition) is 0. The minimum atomic E-state index is 0.203.